The SMILES string of the molecule is [CH3][Ir]([CH3])(=[C]=O)(=[C]=O)[C]1=CC=CC1. The van der Waals surface area contributed by atoms with Crippen LogP contribution in [0.3, 0.4) is 0 Å². The molecule has 0 heterocycles. The monoisotopic (exact) mass is 344 g/mol. The number of rotatable bonds is 1. The van der Waals surface area contributed by atoms with E-state index in [0.717, 1.165) is 4.09 Å². The van der Waals surface area contributed by atoms with Crippen LogP contribution in [-0.4, -0.2) is 8.79 Å². The Bertz CT molecular complexity index is 427. The minimum absolute atomic E-state index is 0.717. The van der Waals surface area contributed by atoms with Crippen molar-refractivity contribution in [1.29, 1.82) is 0 Å². The Labute approximate surface area is 71.4 Å². The van der Waals surface area contributed by atoms with Crippen molar-refractivity contribution in [3.05, 3.63) is 22.3 Å². The molecule has 0 aliphatic heterocycles. The topological polar surface area (TPSA) is 34.1 Å². The molecule has 0 fully saturated rings. The van der Waals surface area contributed by atoms with Gasteiger partial charge in [-0.15, -0.1) is 0 Å². The molecule has 3 heteroatoms. The second kappa shape index (κ2) is 2.65. The van der Waals surface area contributed by atoms with Gasteiger partial charge in [-0.1, -0.05) is 0 Å². The Balaban J connectivity index is 3.58. The van der Waals surface area contributed by atoms with Gasteiger partial charge in [-0.3, -0.25) is 0 Å². The summed E-state index contributed by atoms with van der Waals surface area (Å²) in [7, 11) is 0. The molecule has 1 rings (SSSR count). The third-order valence-corrected chi connectivity index (χ3v) is 10.2. The first-order valence-electron chi connectivity index (χ1n) is 3.29. The van der Waals surface area contributed by atoms with Gasteiger partial charge >= 0.3 is 71.2 Å². The summed E-state index contributed by atoms with van der Waals surface area (Å²) in [6.45, 7) is 0. The number of allylic oxidation sites excluding steroid dienone is 4. The van der Waals surface area contributed by atoms with Crippen molar-refractivity contribution in [2.24, 2.45) is 0 Å². The van der Waals surface area contributed by atoms with Crippen molar-refractivity contribution in [3.63, 3.8) is 0 Å². The second-order valence-electron chi connectivity index (χ2n) is 2.94. The van der Waals surface area contributed by atoms with Crippen molar-refractivity contribution >= 4 is 8.79 Å². The third kappa shape index (κ3) is 1.28. The summed E-state index contributed by atoms with van der Waals surface area (Å²) < 4.78 is 4.85. The molecule has 0 unspecified atom stereocenters. The molecule has 0 aromatic carbocycles. The van der Waals surface area contributed by atoms with Crippen molar-refractivity contribution in [3.8, 4) is 0 Å². The Morgan fingerprint density at radius 3 is 2.25 bits per heavy atom. The van der Waals surface area contributed by atoms with E-state index in [9.17, 15) is 9.59 Å². The molecule has 0 N–H and O–H groups in total. The molecule has 0 aromatic rings. The summed E-state index contributed by atoms with van der Waals surface area (Å²) in [6.07, 6.45) is 6.39. The van der Waals surface area contributed by atoms with Crippen LogP contribution in [0.25, 0.3) is 0 Å². The van der Waals surface area contributed by atoms with E-state index in [1.54, 1.807) is 10.9 Å². The minimum atomic E-state index is -3.73. The van der Waals surface area contributed by atoms with Crippen LogP contribution in [0.1, 0.15) is 6.42 Å². The van der Waals surface area contributed by atoms with Crippen LogP contribution in [0.15, 0.2) is 22.3 Å². The van der Waals surface area contributed by atoms with Gasteiger partial charge in [0.15, 0.2) is 0 Å². The van der Waals surface area contributed by atoms with Gasteiger partial charge in [0.2, 0.25) is 0 Å². The molecule has 0 radical (unpaired) electrons. The van der Waals surface area contributed by atoms with Gasteiger partial charge in [0.25, 0.3) is 0 Å². The van der Waals surface area contributed by atoms with E-state index in [1.807, 2.05) is 27.0 Å². The molecule has 2 nitrogen and oxygen atoms in total. The summed E-state index contributed by atoms with van der Waals surface area (Å²) in [5.41, 5.74) is 3.46. The van der Waals surface area contributed by atoms with Gasteiger partial charge in [0.05, 0.1) is 0 Å². The molecule has 1 aliphatic carbocycles. The number of hydrogen-bond acceptors (Lipinski definition) is 2. The third-order valence-electron chi connectivity index (χ3n) is 1.76. The Morgan fingerprint density at radius 2 is 1.92 bits per heavy atom. The first kappa shape index (κ1) is 9.38. The molecule has 0 saturated carbocycles. The molecule has 0 aromatic heterocycles. The van der Waals surface area contributed by atoms with Gasteiger partial charge in [-0.2, -0.15) is 0 Å². The zero-order chi connectivity index (χ0) is 9.27. The average molecular weight is 343 g/mol. The van der Waals surface area contributed by atoms with Crippen LogP contribution in [0.5, 0.6) is 0 Å². The van der Waals surface area contributed by atoms with E-state index in [-0.39, 0.29) is 0 Å². The van der Waals surface area contributed by atoms with E-state index in [0.29, 0.717) is 6.42 Å². The standard InChI is InChI=1S/C5H5.2CO.2CH3.Ir/c1-2-4-5-3-1;2*1-2;;;/h1-3H,4H2;;;2*1H3;. The summed E-state index contributed by atoms with van der Waals surface area (Å²) in [5, 5.41) is 0. The van der Waals surface area contributed by atoms with Crippen LogP contribution in [0.4, 0.5) is 0 Å². The zero-order valence-corrected chi connectivity index (χ0v) is 9.48. The molecular formula is C9H11IrO2. The Hall–Kier alpha value is -0.711. The summed E-state index contributed by atoms with van der Waals surface area (Å²) >= 11 is -3.73. The van der Waals surface area contributed by atoms with Crippen molar-refractivity contribution < 1.29 is 22.8 Å². The van der Waals surface area contributed by atoms with E-state index >= 15 is 0 Å². The average Bonchev–Trinajstić information content (AvgIpc) is 2.58. The molecule has 68 valence electrons. The number of hydrogen-bond donors (Lipinski definition) is 0. The Morgan fingerprint density at radius 1 is 1.33 bits per heavy atom. The predicted octanol–water partition coefficient (Wildman–Crippen LogP) is 1.75. The van der Waals surface area contributed by atoms with Crippen molar-refractivity contribution in [2.75, 3.05) is 0 Å². The van der Waals surface area contributed by atoms with E-state index in [1.165, 1.54) is 0 Å². The maximum absolute atomic E-state index is 10.8. The predicted molar refractivity (Wildman–Crippen MR) is 45.0 cm³/mol. The first-order valence-corrected chi connectivity index (χ1v) is 11.7. The fourth-order valence-corrected chi connectivity index (χ4v) is 4.79. The zero-order valence-electron chi connectivity index (χ0n) is 7.09. The molecule has 0 bridgehead atoms. The van der Waals surface area contributed by atoms with E-state index in [2.05, 4.69) is 0 Å². The normalized spacial score (nSPS) is 18.8. The molecule has 0 spiro atoms. The quantitative estimate of drug-likeness (QED) is 0.727. The Kier molecular flexibility index (Phi) is 2.07. The molecule has 12 heavy (non-hydrogen) atoms. The maximum atomic E-state index is 10.8. The van der Waals surface area contributed by atoms with E-state index in [4.69, 9.17) is 0 Å². The fourth-order valence-electron chi connectivity index (χ4n) is 0.884. The number of carbonyl (C=O) groups excluding carboxylic acids is 2. The molecule has 0 amide bonds. The van der Waals surface area contributed by atoms with Crippen molar-refractivity contribution in [1.82, 2.24) is 0 Å². The molecule has 0 saturated heterocycles. The van der Waals surface area contributed by atoms with Crippen molar-refractivity contribution in [2.45, 2.75) is 17.3 Å². The van der Waals surface area contributed by atoms with Gasteiger partial charge in [-0.25, -0.2) is 0 Å². The van der Waals surface area contributed by atoms with Crippen LogP contribution >= 0.6 is 0 Å². The van der Waals surface area contributed by atoms with Crippen LogP contribution in [-0.2, 0) is 22.8 Å². The van der Waals surface area contributed by atoms with Crippen LogP contribution in [0, 0.1) is 0 Å². The van der Waals surface area contributed by atoms with Gasteiger partial charge in [0.1, 0.15) is 0 Å². The fraction of sp³-hybridized carbons (Fsp3) is 0.333. The molecule has 1 aliphatic rings. The summed E-state index contributed by atoms with van der Waals surface area (Å²) in [4.78, 5) is 21.6. The molecular weight excluding hydrogens is 332 g/mol. The van der Waals surface area contributed by atoms with Crippen LogP contribution < -0.4 is 0 Å². The van der Waals surface area contributed by atoms with Crippen LogP contribution in [0.2, 0.25) is 10.9 Å². The first-order chi connectivity index (χ1) is 5.52. The van der Waals surface area contributed by atoms with E-state index < -0.39 is 13.2 Å². The van der Waals surface area contributed by atoms with Gasteiger partial charge in [0, 0.05) is 0 Å². The summed E-state index contributed by atoms with van der Waals surface area (Å²) in [5.74, 6) is 0. The van der Waals surface area contributed by atoms with Gasteiger partial charge in [-0.05, 0) is 0 Å². The summed E-state index contributed by atoms with van der Waals surface area (Å²) in [6, 6.07) is 0. The second-order valence-corrected chi connectivity index (χ2v) is 16.8. The van der Waals surface area contributed by atoms with Gasteiger partial charge < -0.3 is 0 Å². The molecule has 0 atom stereocenters.